The van der Waals surface area contributed by atoms with E-state index >= 15 is 0 Å². The molecule has 0 aromatic rings. The molecule has 4 aliphatic rings. The SMILES string of the molecule is CC(C)C(S)C(=O)NC(C)C12CC3CC(CC(C3)C1)C2. The third-order valence-electron chi connectivity index (χ3n) is 6.26. The molecule has 1 amide bonds. The number of rotatable bonds is 4. The highest BCUT2D eigenvalue weighted by molar-refractivity contribution is 7.81. The van der Waals surface area contributed by atoms with Gasteiger partial charge in [-0.15, -0.1) is 0 Å². The van der Waals surface area contributed by atoms with Crippen molar-refractivity contribution < 1.29 is 4.79 Å². The van der Waals surface area contributed by atoms with Gasteiger partial charge in [0.05, 0.1) is 5.25 Å². The van der Waals surface area contributed by atoms with E-state index in [2.05, 4.69) is 38.7 Å². The molecule has 114 valence electrons. The van der Waals surface area contributed by atoms with Crippen molar-refractivity contribution in [1.82, 2.24) is 5.32 Å². The molecule has 4 rings (SSSR count). The van der Waals surface area contributed by atoms with Crippen LogP contribution in [0.1, 0.15) is 59.3 Å². The largest absolute Gasteiger partial charge is 0.352 e. The summed E-state index contributed by atoms with van der Waals surface area (Å²) in [5, 5.41) is 3.13. The standard InChI is InChI=1S/C17H29NOS/c1-10(2)15(20)16(19)18-11(3)17-7-12-4-13(8-17)6-14(5-12)9-17/h10-15,20H,4-9H2,1-3H3,(H,18,19). The summed E-state index contributed by atoms with van der Waals surface area (Å²) in [6.07, 6.45) is 8.42. The van der Waals surface area contributed by atoms with E-state index in [-0.39, 0.29) is 11.2 Å². The van der Waals surface area contributed by atoms with Gasteiger partial charge in [-0.3, -0.25) is 4.79 Å². The topological polar surface area (TPSA) is 29.1 Å². The highest BCUT2D eigenvalue weighted by atomic mass is 32.1. The predicted molar refractivity (Wildman–Crippen MR) is 85.8 cm³/mol. The maximum Gasteiger partial charge on any atom is 0.233 e. The predicted octanol–water partition coefficient (Wildman–Crippen LogP) is 3.66. The first-order valence-corrected chi connectivity index (χ1v) is 8.90. The van der Waals surface area contributed by atoms with Gasteiger partial charge in [-0.05, 0) is 74.5 Å². The second-order valence-corrected chi connectivity index (χ2v) is 8.76. The van der Waals surface area contributed by atoms with Crippen molar-refractivity contribution >= 4 is 18.5 Å². The molecule has 3 heteroatoms. The molecule has 1 N–H and O–H groups in total. The highest BCUT2D eigenvalue weighted by Gasteiger charge is 2.53. The van der Waals surface area contributed by atoms with Gasteiger partial charge in [0.15, 0.2) is 0 Å². The van der Waals surface area contributed by atoms with Crippen LogP contribution in [0.3, 0.4) is 0 Å². The van der Waals surface area contributed by atoms with Crippen LogP contribution in [0.5, 0.6) is 0 Å². The van der Waals surface area contributed by atoms with E-state index in [0.29, 0.717) is 17.4 Å². The van der Waals surface area contributed by atoms with Gasteiger partial charge in [-0.25, -0.2) is 0 Å². The minimum atomic E-state index is -0.175. The summed E-state index contributed by atoms with van der Waals surface area (Å²) in [6.45, 7) is 6.37. The van der Waals surface area contributed by atoms with E-state index in [1.807, 2.05) is 0 Å². The third-order valence-corrected chi connectivity index (χ3v) is 7.09. The van der Waals surface area contributed by atoms with Crippen LogP contribution in [0.15, 0.2) is 0 Å². The van der Waals surface area contributed by atoms with E-state index < -0.39 is 0 Å². The molecule has 0 saturated heterocycles. The monoisotopic (exact) mass is 295 g/mol. The maximum atomic E-state index is 12.3. The Hall–Kier alpha value is -0.180. The zero-order chi connectivity index (χ0) is 14.5. The second-order valence-electron chi connectivity index (χ2n) is 8.20. The zero-order valence-electron chi connectivity index (χ0n) is 13.1. The average molecular weight is 295 g/mol. The Labute approximate surface area is 128 Å². The molecular formula is C17H29NOS. The molecular weight excluding hydrogens is 266 g/mol. The van der Waals surface area contributed by atoms with Crippen LogP contribution in [-0.2, 0) is 4.79 Å². The summed E-state index contributed by atoms with van der Waals surface area (Å²) < 4.78 is 0. The van der Waals surface area contributed by atoms with Crippen molar-refractivity contribution in [3.8, 4) is 0 Å². The lowest BCUT2D eigenvalue weighted by Crippen LogP contribution is -2.56. The minimum absolute atomic E-state index is 0.131. The first kappa shape index (κ1) is 14.7. The van der Waals surface area contributed by atoms with Crippen LogP contribution in [0.4, 0.5) is 0 Å². The molecule has 0 spiro atoms. The number of amides is 1. The number of thiol groups is 1. The van der Waals surface area contributed by atoms with Gasteiger partial charge in [-0.2, -0.15) is 12.6 Å². The molecule has 4 saturated carbocycles. The van der Waals surface area contributed by atoms with Crippen LogP contribution in [0, 0.1) is 29.1 Å². The van der Waals surface area contributed by atoms with E-state index in [1.165, 1.54) is 38.5 Å². The quantitative estimate of drug-likeness (QED) is 0.761. The summed E-state index contributed by atoms with van der Waals surface area (Å²) in [7, 11) is 0. The van der Waals surface area contributed by atoms with E-state index in [9.17, 15) is 4.79 Å². The van der Waals surface area contributed by atoms with Gasteiger partial charge in [0, 0.05) is 6.04 Å². The Morgan fingerprint density at radius 3 is 1.90 bits per heavy atom. The van der Waals surface area contributed by atoms with E-state index in [1.54, 1.807) is 0 Å². The lowest BCUT2D eigenvalue weighted by molar-refractivity contribution is -0.126. The van der Waals surface area contributed by atoms with Crippen LogP contribution >= 0.6 is 12.6 Å². The molecule has 4 aliphatic carbocycles. The van der Waals surface area contributed by atoms with Crippen molar-refractivity contribution in [2.24, 2.45) is 29.1 Å². The molecule has 2 unspecified atom stereocenters. The van der Waals surface area contributed by atoms with Gasteiger partial charge in [0.1, 0.15) is 0 Å². The lowest BCUT2D eigenvalue weighted by Gasteiger charge is -2.59. The molecule has 4 bridgehead atoms. The number of hydrogen-bond donors (Lipinski definition) is 2. The fourth-order valence-corrected chi connectivity index (χ4v) is 5.54. The molecule has 0 radical (unpaired) electrons. The highest BCUT2D eigenvalue weighted by Crippen LogP contribution is 2.61. The zero-order valence-corrected chi connectivity index (χ0v) is 14.0. The first-order valence-electron chi connectivity index (χ1n) is 8.38. The summed E-state index contributed by atoms with van der Waals surface area (Å²) in [5.41, 5.74) is 0.398. The Balaban J connectivity index is 1.68. The average Bonchev–Trinajstić information content (AvgIpc) is 2.35. The van der Waals surface area contributed by atoms with Gasteiger partial charge in [0.2, 0.25) is 5.91 Å². The minimum Gasteiger partial charge on any atom is -0.352 e. The van der Waals surface area contributed by atoms with Gasteiger partial charge >= 0.3 is 0 Å². The summed E-state index contributed by atoms with van der Waals surface area (Å²) >= 11 is 4.46. The van der Waals surface area contributed by atoms with Crippen LogP contribution in [-0.4, -0.2) is 17.2 Å². The Kier molecular flexibility index (Phi) is 3.85. The van der Waals surface area contributed by atoms with E-state index in [4.69, 9.17) is 0 Å². The van der Waals surface area contributed by atoms with Crippen molar-refractivity contribution in [3.63, 3.8) is 0 Å². The van der Waals surface area contributed by atoms with Gasteiger partial charge in [0.25, 0.3) is 0 Å². The van der Waals surface area contributed by atoms with Crippen molar-refractivity contribution in [1.29, 1.82) is 0 Å². The van der Waals surface area contributed by atoms with Gasteiger partial charge in [-0.1, -0.05) is 13.8 Å². The fraction of sp³-hybridized carbons (Fsp3) is 0.941. The Morgan fingerprint density at radius 1 is 1.05 bits per heavy atom. The molecule has 20 heavy (non-hydrogen) atoms. The van der Waals surface area contributed by atoms with Crippen molar-refractivity contribution in [2.75, 3.05) is 0 Å². The molecule has 0 aromatic carbocycles. The molecule has 0 aliphatic heterocycles. The second kappa shape index (κ2) is 5.23. The molecule has 2 atom stereocenters. The number of nitrogens with one attached hydrogen (secondary N) is 1. The fourth-order valence-electron chi connectivity index (χ4n) is 5.46. The van der Waals surface area contributed by atoms with Crippen molar-refractivity contribution in [2.45, 2.75) is 70.6 Å². The number of carbonyl (C=O) groups is 1. The van der Waals surface area contributed by atoms with Crippen LogP contribution < -0.4 is 5.32 Å². The number of hydrogen-bond acceptors (Lipinski definition) is 2. The molecule has 0 heterocycles. The smallest absolute Gasteiger partial charge is 0.233 e. The normalized spacial score (nSPS) is 41.8. The van der Waals surface area contributed by atoms with Gasteiger partial charge < -0.3 is 5.32 Å². The summed E-state index contributed by atoms with van der Waals surface area (Å²) in [4.78, 5) is 12.3. The van der Waals surface area contributed by atoms with Crippen LogP contribution in [0.25, 0.3) is 0 Å². The Morgan fingerprint density at radius 2 is 1.50 bits per heavy atom. The third kappa shape index (κ3) is 2.51. The van der Waals surface area contributed by atoms with E-state index in [0.717, 1.165) is 17.8 Å². The molecule has 4 fully saturated rings. The summed E-state index contributed by atoms with van der Waals surface area (Å²) in [6, 6.07) is 0.316. The van der Waals surface area contributed by atoms with Crippen molar-refractivity contribution in [3.05, 3.63) is 0 Å². The lowest BCUT2D eigenvalue weighted by atomic mass is 9.48. The molecule has 2 nitrogen and oxygen atoms in total. The van der Waals surface area contributed by atoms with Crippen LogP contribution in [0.2, 0.25) is 0 Å². The summed E-state index contributed by atoms with van der Waals surface area (Å²) in [5.74, 6) is 3.25. The molecule has 0 aromatic heterocycles. The maximum absolute atomic E-state index is 12.3. The first-order chi connectivity index (χ1) is 9.39. The number of carbonyl (C=O) groups excluding carboxylic acids is 1. The Bertz CT molecular complexity index is 357.